The van der Waals surface area contributed by atoms with Gasteiger partial charge in [0.25, 0.3) is 0 Å². The molecule has 6 heteroatoms. The third-order valence-corrected chi connectivity index (χ3v) is 4.68. The fourth-order valence-electron chi connectivity index (χ4n) is 2.78. The second kappa shape index (κ2) is 15.1. The largest absolute Gasteiger partial charge is 0.506 e. The zero-order valence-electron chi connectivity index (χ0n) is 19.5. The fraction of sp³-hybridized carbons (Fsp3) is 0.440. The summed E-state index contributed by atoms with van der Waals surface area (Å²) in [6, 6.07) is 3.22. The minimum absolute atomic E-state index is 0.145. The zero-order chi connectivity index (χ0) is 23.1. The number of nitrogens with zero attached hydrogens (tertiary/aromatic N) is 2. The van der Waals surface area contributed by atoms with Crippen LogP contribution in [0.15, 0.2) is 59.8 Å². The molecule has 5 nitrogen and oxygen atoms in total. The van der Waals surface area contributed by atoms with Gasteiger partial charge in [-0.3, -0.25) is 4.98 Å². The van der Waals surface area contributed by atoms with E-state index in [1.54, 1.807) is 18.2 Å². The van der Waals surface area contributed by atoms with Crippen molar-refractivity contribution in [3.63, 3.8) is 0 Å². The van der Waals surface area contributed by atoms with Crippen molar-refractivity contribution in [1.29, 1.82) is 0 Å². The molecular formula is C25H37FN4O. The minimum Gasteiger partial charge on any atom is -0.506 e. The van der Waals surface area contributed by atoms with Crippen molar-refractivity contribution in [2.24, 2.45) is 0 Å². The van der Waals surface area contributed by atoms with E-state index in [1.807, 2.05) is 33.8 Å². The first-order valence-electron chi connectivity index (χ1n) is 11.1. The first kappa shape index (κ1) is 26.3. The summed E-state index contributed by atoms with van der Waals surface area (Å²) in [6.07, 6.45) is 12.0. The number of hydrogen-bond donors (Lipinski definition) is 3. The third-order valence-electron chi connectivity index (χ3n) is 4.68. The van der Waals surface area contributed by atoms with Crippen LogP contribution >= 0.6 is 0 Å². The minimum atomic E-state index is -0.402. The number of aliphatic hydroxyl groups excluding tert-OH is 1. The fourth-order valence-corrected chi connectivity index (χ4v) is 2.78. The number of rotatable bonds is 6. The number of allylic oxidation sites excluding steroid dienone is 4. The maximum absolute atomic E-state index is 14.0. The van der Waals surface area contributed by atoms with E-state index in [4.69, 9.17) is 0 Å². The molecule has 0 unspecified atom stereocenters. The number of nitrogens with one attached hydrogen (secondary N) is 2. The summed E-state index contributed by atoms with van der Waals surface area (Å²) in [5.41, 5.74) is 3.27. The Hall–Kier alpha value is -2.73. The van der Waals surface area contributed by atoms with E-state index in [1.165, 1.54) is 50.0 Å². The Bertz CT molecular complexity index is 879. The average molecular weight is 429 g/mol. The van der Waals surface area contributed by atoms with Gasteiger partial charge in [-0.1, -0.05) is 38.5 Å². The van der Waals surface area contributed by atoms with Gasteiger partial charge in [0.1, 0.15) is 11.3 Å². The summed E-state index contributed by atoms with van der Waals surface area (Å²) in [7, 11) is 0. The molecule has 2 heterocycles. The van der Waals surface area contributed by atoms with Gasteiger partial charge in [0.15, 0.2) is 5.82 Å². The lowest BCUT2D eigenvalue weighted by atomic mass is 10.1. The normalized spacial score (nSPS) is 14.5. The van der Waals surface area contributed by atoms with Gasteiger partial charge in [-0.25, -0.2) is 9.37 Å². The first-order chi connectivity index (χ1) is 15.0. The molecule has 0 atom stereocenters. The van der Waals surface area contributed by atoms with E-state index in [0.29, 0.717) is 17.8 Å². The van der Waals surface area contributed by atoms with Crippen molar-refractivity contribution in [3.05, 3.63) is 71.2 Å². The van der Waals surface area contributed by atoms with E-state index in [9.17, 15) is 9.50 Å². The Morgan fingerprint density at radius 3 is 2.42 bits per heavy atom. The van der Waals surface area contributed by atoms with Gasteiger partial charge in [-0.15, -0.1) is 0 Å². The Labute approximate surface area is 186 Å². The standard InChI is InChI=1S/C19H22FN3O.C4H9N.C2H6/c1-4-13(3)6-7-18(24)16(5-2)23-12-14-10-15(20)19-17(11-14)21-8-9-22-19;1-2-4-5-3-1;1-2/h5-11,23-24H,4,12H2,1-3H3;5H,1-4H2;1-2H3/b13-6+,16-5+,18-7+;;. The summed E-state index contributed by atoms with van der Waals surface area (Å²) in [6.45, 7) is 12.8. The van der Waals surface area contributed by atoms with Gasteiger partial charge >= 0.3 is 0 Å². The van der Waals surface area contributed by atoms with E-state index in [-0.39, 0.29) is 11.3 Å². The topological polar surface area (TPSA) is 70.1 Å². The molecule has 0 bridgehead atoms. The van der Waals surface area contributed by atoms with Crippen molar-refractivity contribution in [2.45, 2.75) is 60.4 Å². The van der Waals surface area contributed by atoms with Crippen molar-refractivity contribution in [3.8, 4) is 0 Å². The average Bonchev–Trinajstić information content (AvgIpc) is 3.39. The van der Waals surface area contributed by atoms with Crippen LogP contribution in [-0.2, 0) is 6.54 Å². The lowest BCUT2D eigenvalue weighted by molar-refractivity contribution is 0.413. The predicted octanol–water partition coefficient (Wildman–Crippen LogP) is 5.96. The highest BCUT2D eigenvalue weighted by atomic mass is 19.1. The van der Waals surface area contributed by atoms with Crippen molar-refractivity contribution >= 4 is 11.0 Å². The van der Waals surface area contributed by atoms with Crippen LogP contribution in [0.3, 0.4) is 0 Å². The summed E-state index contributed by atoms with van der Waals surface area (Å²) < 4.78 is 14.0. The summed E-state index contributed by atoms with van der Waals surface area (Å²) >= 11 is 0. The zero-order valence-corrected chi connectivity index (χ0v) is 19.5. The number of aromatic nitrogens is 2. The van der Waals surface area contributed by atoms with Crippen LogP contribution in [0.2, 0.25) is 0 Å². The quantitative estimate of drug-likeness (QED) is 0.391. The smallest absolute Gasteiger partial charge is 0.151 e. The lowest BCUT2D eigenvalue weighted by Gasteiger charge is -2.11. The van der Waals surface area contributed by atoms with Gasteiger partial charge in [-0.05, 0) is 70.0 Å². The van der Waals surface area contributed by atoms with Crippen LogP contribution in [0.4, 0.5) is 4.39 Å². The molecular weight excluding hydrogens is 391 g/mol. The predicted molar refractivity (Wildman–Crippen MR) is 128 cm³/mol. The van der Waals surface area contributed by atoms with Gasteiger partial charge in [0.2, 0.25) is 0 Å². The number of hydrogen-bond acceptors (Lipinski definition) is 5. The molecule has 1 aliphatic heterocycles. The first-order valence-corrected chi connectivity index (χ1v) is 11.1. The van der Waals surface area contributed by atoms with Crippen LogP contribution in [0.25, 0.3) is 11.0 Å². The van der Waals surface area contributed by atoms with Crippen LogP contribution in [-0.4, -0.2) is 28.2 Å². The molecule has 0 amide bonds. The molecule has 1 saturated heterocycles. The van der Waals surface area contributed by atoms with Crippen molar-refractivity contribution in [2.75, 3.05) is 13.1 Å². The van der Waals surface area contributed by atoms with Crippen LogP contribution in [0, 0.1) is 5.82 Å². The SMILES string of the molecule is C1CCNC1.CC.C\C=C(NCc1cc(F)c2nccnc2c1)/C(O)=C\C=C(/C)CC. The number of benzene rings is 1. The molecule has 31 heavy (non-hydrogen) atoms. The molecule has 3 rings (SSSR count). The molecule has 2 aromatic rings. The Balaban J connectivity index is 0.000000589. The van der Waals surface area contributed by atoms with E-state index in [0.717, 1.165) is 12.0 Å². The van der Waals surface area contributed by atoms with E-state index in [2.05, 4.69) is 27.5 Å². The molecule has 170 valence electrons. The summed E-state index contributed by atoms with van der Waals surface area (Å²) in [5.74, 6) is -0.257. The van der Waals surface area contributed by atoms with Gasteiger partial charge < -0.3 is 15.7 Å². The summed E-state index contributed by atoms with van der Waals surface area (Å²) in [5, 5.41) is 16.5. The maximum atomic E-state index is 14.0. The monoisotopic (exact) mass is 428 g/mol. The van der Waals surface area contributed by atoms with Gasteiger partial charge in [0, 0.05) is 18.9 Å². The number of fused-ring (bicyclic) bond motifs is 1. The molecule has 1 fully saturated rings. The van der Waals surface area contributed by atoms with Gasteiger partial charge in [0.05, 0.1) is 11.2 Å². The molecule has 0 radical (unpaired) electrons. The van der Waals surface area contributed by atoms with E-state index < -0.39 is 5.82 Å². The number of halogens is 1. The lowest BCUT2D eigenvalue weighted by Crippen LogP contribution is -2.14. The highest BCUT2D eigenvalue weighted by Gasteiger charge is 2.07. The number of aliphatic hydroxyl groups is 1. The molecule has 3 N–H and O–H groups in total. The van der Waals surface area contributed by atoms with Gasteiger partial charge in [-0.2, -0.15) is 0 Å². The van der Waals surface area contributed by atoms with Crippen LogP contribution < -0.4 is 10.6 Å². The second-order valence-corrected chi connectivity index (χ2v) is 6.93. The highest BCUT2D eigenvalue weighted by molar-refractivity contribution is 5.75. The van der Waals surface area contributed by atoms with Crippen LogP contribution in [0.5, 0.6) is 0 Å². The highest BCUT2D eigenvalue weighted by Crippen LogP contribution is 2.16. The molecule has 0 spiro atoms. The van der Waals surface area contributed by atoms with E-state index >= 15 is 0 Å². The molecule has 1 aromatic heterocycles. The van der Waals surface area contributed by atoms with Crippen molar-refractivity contribution in [1.82, 2.24) is 20.6 Å². The van der Waals surface area contributed by atoms with Crippen LogP contribution in [0.1, 0.15) is 59.4 Å². The molecule has 1 aromatic carbocycles. The molecule has 0 aliphatic carbocycles. The maximum Gasteiger partial charge on any atom is 0.151 e. The Kier molecular flexibility index (Phi) is 12.8. The molecule has 0 saturated carbocycles. The molecule has 1 aliphatic rings. The summed E-state index contributed by atoms with van der Waals surface area (Å²) in [4.78, 5) is 8.12. The Morgan fingerprint density at radius 2 is 1.84 bits per heavy atom. The second-order valence-electron chi connectivity index (χ2n) is 6.93. The van der Waals surface area contributed by atoms with Crippen molar-refractivity contribution < 1.29 is 9.50 Å². The Morgan fingerprint density at radius 1 is 1.16 bits per heavy atom. The third kappa shape index (κ3) is 9.30.